The lowest BCUT2D eigenvalue weighted by atomic mass is 10.1. The highest BCUT2D eigenvalue weighted by molar-refractivity contribution is 5.89. The van der Waals surface area contributed by atoms with Crippen LogP contribution in [-0.2, 0) is 4.74 Å². The quantitative estimate of drug-likeness (QED) is 0.342. The Morgan fingerprint density at radius 3 is 2.05 bits per heavy atom. The van der Waals surface area contributed by atoms with Gasteiger partial charge in [0.25, 0.3) is 0 Å². The van der Waals surface area contributed by atoms with Crippen LogP contribution in [0.15, 0.2) is 30.3 Å². The van der Waals surface area contributed by atoms with Crippen molar-refractivity contribution in [3.05, 3.63) is 35.9 Å². The summed E-state index contributed by atoms with van der Waals surface area (Å²) in [5.74, 6) is -0.205. The number of unbranched alkanes of at least 4 members (excludes halogenated alkanes) is 8. The summed E-state index contributed by atoms with van der Waals surface area (Å²) in [5, 5.41) is 0. The SMILES string of the molecule is CCCCCCCCCCCC(C)OC(=O)c1ccccc1. The second-order valence-corrected chi connectivity index (χ2v) is 6.20. The molecule has 0 heterocycles. The minimum Gasteiger partial charge on any atom is -0.459 e. The van der Waals surface area contributed by atoms with Crippen molar-refractivity contribution < 1.29 is 9.53 Å². The van der Waals surface area contributed by atoms with Crippen molar-refractivity contribution in [3.8, 4) is 0 Å². The van der Waals surface area contributed by atoms with Gasteiger partial charge in [0.1, 0.15) is 0 Å². The number of carbonyl (C=O) groups excluding carboxylic acids is 1. The molecule has 1 rings (SSSR count). The maximum atomic E-state index is 11.9. The number of carbonyl (C=O) groups is 1. The highest BCUT2D eigenvalue weighted by Gasteiger charge is 2.10. The van der Waals surface area contributed by atoms with Gasteiger partial charge >= 0.3 is 5.97 Å². The van der Waals surface area contributed by atoms with Crippen molar-refractivity contribution in [2.75, 3.05) is 0 Å². The van der Waals surface area contributed by atoms with E-state index in [-0.39, 0.29) is 12.1 Å². The third-order valence-corrected chi connectivity index (χ3v) is 4.03. The molecule has 0 spiro atoms. The zero-order valence-electron chi connectivity index (χ0n) is 14.4. The molecule has 0 aliphatic rings. The zero-order chi connectivity index (χ0) is 16.0. The molecule has 0 amide bonds. The Hall–Kier alpha value is -1.31. The van der Waals surface area contributed by atoms with Crippen molar-refractivity contribution in [1.82, 2.24) is 0 Å². The van der Waals surface area contributed by atoms with Gasteiger partial charge in [-0.3, -0.25) is 0 Å². The Kier molecular flexibility index (Phi) is 10.4. The van der Waals surface area contributed by atoms with Gasteiger partial charge < -0.3 is 4.74 Å². The largest absolute Gasteiger partial charge is 0.459 e. The number of hydrogen-bond acceptors (Lipinski definition) is 2. The molecule has 0 aromatic heterocycles. The van der Waals surface area contributed by atoms with Crippen molar-refractivity contribution in [2.45, 2.75) is 84.2 Å². The van der Waals surface area contributed by atoms with Gasteiger partial charge in [-0.05, 0) is 31.9 Å². The van der Waals surface area contributed by atoms with Crippen LogP contribution in [0.25, 0.3) is 0 Å². The number of esters is 1. The molecule has 0 N–H and O–H groups in total. The van der Waals surface area contributed by atoms with Crippen LogP contribution < -0.4 is 0 Å². The maximum Gasteiger partial charge on any atom is 0.338 e. The number of ether oxygens (including phenoxy) is 1. The minimum absolute atomic E-state index is 0.0114. The Balaban J connectivity index is 1.99. The first kappa shape index (κ1) is 18.7. The lowest BCUT2D eigenvalue weighted by Crippen LogP contribution is -2.14. The zero-order valence-corrected chi connectivity index (χ0v) is 14.4. The fourth-order valence-electron chi connectivity index (χ4n) is 2.63. The first-order valence-corrected chi connectivity index (χ1v) is 9.00. The normalized spacial score (nSPS) is 12.1. The maximum absolute atomic E-state index is 11.9. The lowest BCUT2D eigenvalue weighted by molar-refractivity contribution is 0.0319. The fourth-order valence-corrected chi connectivity index (χ4v) is 2.63. The van der Waals surface area contributed by atoms with E-state index in [1.54, 1.807) is 12.1 Å². The third-order valence-electron chi connectivity index (χ3n) is 4.03. The summed E-state index contributed by atoms with van der Waals surface area (Å²) in [7, 11) is 0. The van der Waals surface area contributed by atoms with Crippen molar-refractivity contribution >= 4 is 5.97 Å². The molecule has 0 saturated heterocycles. The van der Waals surface area contributed by atoms with Crippen LogP contribution in [0, 0.1) is 0 Å². The summed E-state index contributed by atoms with van der Waals surface area (Å²) in [6.45, 7) is 4.25. The van der Waals surface area contributed by atoms with E-state index in [1.165, 1.54) is 51.4 Å². The highest BCUT2D eigenvalue weighted by Crippen LogP contribution is 2.13. The smallest absolute Gasteiger partial charge is 0.338 e. The first-order chi connectivity index (χ1) is 10.7. The predicted octanol–water partition coefficient (Wildman–Crippen LogP) is 6.15. The van der Waals surface area contributed by atoms with Crippen LogP contribution in [0.2, 0.25) is 0 Å². The molecule has 1 atom stereocenters. The molecule has 0 aliphatic carbocycles. The molecule has 2 heteroatoms. The van der Waals surface area contributed by atoms with Crippen molar-refractivity contribution in [3.63, 3.8) is 0 Å². The van der Waals surface area contributed by atoms with Gasteiger partial charge in [0, 0.05) is 0 Å². The summed E-state index contributed by atoms with van der Waals surface area (Å²) >= 11 is 0. The van der Waals surface area contributed by atoms with E-state index in [0.29, 0.717) is 5.56 Å². The van der Waals surface area contributed by atoms with Gasteiger partial charge in [-0.1, -0.05) is 76.5 Å². The van der Waals surface area contributed by atoms with Crippen molar-refractivity contribution in [1.29, 1.82) is 0 Å². The minimum atomic E-state index is -0.205. The van der Waals surface area contributed by atoms with Gasteiger partial charge in [-0.15, -0.1) is 0 Å². The van der Waals surface area contributed by atoms with Crippen LogP contribution >= 0.6 is 0 Å². The standard InChI is InChI=1S/C20H32O2/c1-3-4-5-6-7-8-9-10-12-15-18(2)22-20(21)19-16-13-11-14-17-19/h11,13-14,16-18H,3-10,12,15H2,1-2H3. The first-order valence-electron chi connectivity index (χ1n) is 9.00. The Morgan fingerprint density at radius 2 is 1.45 bits per heavy atom. The van der Waals surface area contributed by atoms with E-state index < -0.39 is 0 Å². The molecule has 124 valence electrons. The molecule has 0 radical (unpaired) electrons. The Morgan fingerprint density at radius 1 is 0.909 bits per heavy atom. The second kappa shape index (κ2) is 12.3. The van der Waals surface area contributed by atoms with E-state index in [9.17, 15) is 4.79 Å². The van der Waals surface area contributed by atoms with E-state index in [2.05, 4.69) is 6.92 Å². The number of hydrogen-bond donors (Lipinski definition) is 0. The van der Waals surface area contributed by atoms with Gasteiger partial charge in [0.15, 0.2) is 0 Å². The van der Waals surface area contributed by atoms with E-state index >= 15 is 0 Å². The van der Waals surface area contributed by atoms with Crippen LogP contribution in [0.1, 0.15) is 88.4 Å². The number of rotatable bonds is 12. The Labute approximate surface area is 136 Å². The molecule has 2 nitrogen and oxygen atoms in total. The molecule has 1 aromatic carbocycles. The summed E-state index contributed by atoms with van der Waals surface area (Å²) in [6.07, 6.45) is 12.9. The average Bonchev–Trinajstić information content (AvgIpc) is 2.54. The van der Waals surface area contributed by atoms with Gasteiger partial charge in [0.05, 0.1) is 11.7 Å². The molecule has 0 saturated carbocycles. The molecular formula is C20H32O2. The molecule has 0 fully saturated rings. The molecule has 22 heavy (non-hydrogen) atoms. The van der Waals surface area contributed by atoms with Gasteiger partial charge in [-0.25, -0.2) is 4.79 Å². The second-order valence-electron chi connectivity index (χ2n) is 6.20. The van der Waals surface area contributed by atoms with Crippen LogP contribution in [0.5, 0.6) is 0 Å². The van der Waals surface area contributed by atoms with E-state index in [1.807, 2.05) is 25.1 Å². The van der Waals surface area contributed by atoms with Crippen molar-refractivity contribution in [2.24, 2.45) is 0 Å². The highest BCUT2D eigenvalue weighted by atomic mass is 16.5. The third kappa shape index (κ3) is 8.86. The predicted molar refractivity (Wildman–Crippen MR) is 93.2 cm³/mol. The summed E-state index contributed by atoms with van der Waals surface area (Å²) < 4.78 is 5.47. The summed E-state index contributed by atoms with van der Waals surface area (Å²) in [5.41, 5.74) is 0.640. The van der Waals surface area contributed by atoms with Crippen LogP contribution in [0.4, 0.5) is 0 Å². The van der Waals surface area contributed by atoms with Gasteiger partial charge in [-0.2, -0.15) is 0 Å². The number of benzene rings is 1. The lowest BCUT2D eigenvalue weighted by Gasteiger charge is -2.13. The molecular weight excluding hydrogens is 272 g/mol. The molecule has 0 aliphatic heterocycles. The monoisotopic (exact) mass is 304 g/mol. The van der Waals surface area contributed by atoms with E-state index in [0.717, 1.165) is 12.8 Å². The molecule has 1 unspecified atom stereocenters. The summed E-state index contributed by atoms with van der Waals surface area (Å²) in [6, 6.07) is 9.23. The summed E-state index contributed by atoms with van der Waals surface area (Å²) in [4.78, 5) is 11.9. The Bertz CT molecular complexity index is 386. The molecule has 1 aromatic rings. The van der Waals surface area contributed by atoms with Crippen LogP contribution in [0.3, 0.4) is 0 Å². The topological polar surface area (TPSA) is 26.3 Å². The average molecular weight is 304 g/mol. The van der Waals surface area contributed by atoms with Crippen LogP contribution in [-0.4, -0.2) is 12.1 Å². The fraction of sp³-hybridized carbons (Fsp3) is 0.650. The van der Waals surface area contributed by atoms with Gasteiger partial charge in [0.2, 0.25) is 0 Å². The van der Waals surface area contributed by atoms with E-state index in [4.69, 9.17) is 4.74 Å². The molecule has 0 bridgehead atoms.